The van der Waals surface area contributed by atoms with E-state index in [0.717, 1.165) is 19.4 Å². The number of thiophene rings is 1. The zero-order valence-electron chi connectivity index (χ0n) is 12.9. The number of carbonyl (C=O) groups excluding carboxylic acids is 2. The number of hydrogen-bond donors (Lipinski definition) is 0. The van der Waals surface area contributed by atoms with Crippen molar-refractivity contribution in [1.29, 1.82) is 0 Å². The molecule has 2 amide bonds. The molecule has 2 aliphatic rings. The molecular weight excluding hydrogens is 284 g/mol. The van der Waals surface area contributed by atoms with Crippen LogP contribution in [-0.2, 0) is 16.1 Å². The van der Waals surface area contributed by atoms with Crippen molar-refractivity contribution in [3.63, 3.8) is 0 Å². The quantitative estimate of drug-likeness (QED) is 0.861. The predicted octanol–water partition coefficient (Wildman–Crippen LogP) is 2.48. The lowest BCUT2D eigenvalue weighted by atomic mass is 10.0. The zero-order valence-corrected chi connectivity index (χ0v) is 13.7. The van der Waals surface area contributed by atoms with Crippen molar-refractivity contribution in [2.75, 3.05) is 6.54 Å². The van der Waals surface area contributed by atoms with Gasteiger partial charge in [-0.3, -0.25) is 9.59 Å². The summed E-state index contributed by atoms with van der Waals surface area (Å²) < 4.78 is 0. The van der Waals surface area contributed by atoms with Gasteiger partial charge in [-0.05, 0) is 44.7 Å². The fourth-order valence-electron chi connectivity index (χ4n) is 3.44. The van der Waals surface area contributed by atoms with Crippen molar-refractivity contribution in [3.05, 3.63) is 21.4 Å². The minimum atomic E-state index is -0.283. The molecule has 3 heterocycles. The van der Waals surface area contributed by atoms with E-state index in [1.165, 1.54) is 15.3 Å². The summed E-state index contributed by atoms with van der Waals surface area (Å²) in [7, 11) is 0. The second kappa shape index (κ2) is 5.44. The summed E-state index contributed by atoms with van der Waals surface area (Å²) >= 11 is 1.73. The minimum Gasteiger partial charge on any atom is -0.329 e. The second-order valence-electron chi connectivity index (χ2n) is 6.03. The van der Waals surface area contributed by atoms with Gasteiger partial charge in [-0.2, -0.15) is 0 Å². The van der Waals surface area contributed by atoms with Gasteiger partial charge in [0.1, 0.15) is 12.1 Å². The monoisotopic (exact) mass is 306 g/mol. The topological polar surface area (TPSA) is 40.6 Å². The molecule has 0 spiro atoms. The molecule has 0 aliphatic carbocycles. The average Bonchev–Trinajstić information content (AvgIpc) is 3.04. The molecule has 5 heteroatoms. The summed E-state index contributed by atoms with van der Waals surface area (Å²) in [5.41, 5.74) is 1.27. The van der Waals surface area contributed by atoms with E-state index in [4.69, 9.17) is 0 Å². The number of rotatable bonds is 3. The number of amides is 2. The van der Waals surface area contributed by atoms with Crippen LogP contribution in [0.2, 0.25) is 0 Å². The largest absolute Gasteiger partial charge is 0.329 e. The summed E-state index contributed by atoms with van der Waals surface area (Å²) in [5, 5.41) is 0. The lowest BCUT2D eigenvalue weighted by Crippen LogP contribution is -2.62. The van der Waals surface area contributed by atoms with E-state index >= 15 is 0 Å². The number of hydrogen-bond acceptors (Lipinski definition) is 3. The molecule has 0 bridgehead atoms. The fourth-order valence-corrected chi connectivity index (χ4v) is 4.49. The van der Waals surface area contributed by atoms with Crippen LogP contribution in [-0.4, -0.2) is 40.2 Å². The summed E-state index contributed by atoms with van der Waals surface area (Å²) in [5.74, 6) is 0.284. The summed E-state index contributed by atoms with van der Waals surface area (Å²) in [4.78, 5) is 31.4. The van der Waals surface area contributed by atoms with Crippen LogP contribution in [0.15, 0.2) is 6.07 Å². The van der Waals surface area contributed by atoms with Gasteiger partial charge in [-0.25, -0.2) is 0 Å². The van der Waals surface area contributed by atoms with Gasteiger partial charge in [0.15, 0.2) is 0 Å². The zero-order chi connectivity index (χ0) is 15.1. The molecule has 2 aliphatic heterocycles. The Kier molecular flexibility index (Phi) is 3.78. The van der Waals surface area contributed by atoms with E-state index in [1.807, 2.05) is 11.8 Å². The third kappa shape index (κ3) is 2.37. The normalized spacial score (nSPS) is 25.7. The Morgan fingerprint density at radius 1 is 1.29 bits per heavy atom. The van der Waals surface area contributed by atoms with E-state index in [0.29, 0.717) is 13.0 Å². The molecule has 0 N–H and O–H groups in total. The third-order valence-corrected chi connectivity index (χ3v) is 5.83. The standard InChI is InChI=1S/C16H22N2O2S/c1-4-13-15(19)17-7-5-6-14(17)16(20)18(13)9-12-8-10(2)11(3)21-12/h8,13-14H,4-7,9H2,1-3H3. The van der Waals surface area contributed by atoms with Crippen LogP contribution < -0.4 is 0 Å². The summed E-state index contributed by atoms with van der Waals surface area (Å²) in [6.07, 6.45) is 2.46. The number of aryl methyl sites for hydroxylation is 2. The first-order chi connectivity index (χ1) is 10.0. The van der Waals surface area contributed by atoms with Crippen molar-refractivity contribution < 1.29 is 9.59 Å². The maximum Gasteiger partial charge on any atom is 0.246 e. The van der Waals surface area contributed by atoms with E-state index in [-0.39, 0.29) is 23.9 Å². The fraction of sp³-hybridized carbons (Fsp3) is 0.625. The van der Waals surface area contributed by atoms with Crippen molar-refractivity contribution in [3.8, 4) is 0 Å². The van der Waals surface area contributed by atoms with Crippen molar-refractivity contribution in [2.45, 2.75) is 58.7 Å². The van der Waals surface area contributed by atoms with Gasteiger partial charge >= 0.3 is 0 Å². The number of carbonyl (C=O) groups is 2. The molecule has 2 fully saturated rings. The molecule has 2 atom stereocenters. The highest BCUT2D eigenvalue weighted by atomic mass is 32.1. The van der Waals surface area contributed by atoms with Crippen LogP contribution in [0.3, 0.4) is 0 Å². The molecule has 1 aromatic rings. The average molecular weight is 306 g/mol. The lowest BCUT2D eigenvalue weighted by Gasteiger charge is -2.41. The molecular formula is C16H22N2O2S. The Bertz CT molecular complexity index is 561. The number of fused-ring (bicyclic) bond motifs is 1. The van der Waals surface area contributed by atoms with Crippen molar-refractivity contribution in [2.24, 2.45) is 0 Å². The maximum atomic E-state index is 12.8. The van der Waals surface area contributed by atoms with Crippen LogP contribution in [0.5, 0.6) is 0 Å². The predicted molar refractivity (Wildman–Crippen MR) is 83.2 cm³/mol. The molecule has 1 aromatic heterocycles. The number of piperazine rings is 1. The molecule has 3 rings (SSSR count). The maximum absolute atomic E-state index is 12.8. The molecule has 0 aromatic carbocycles. The first-order valence-corrected chi connectivity index (χ1v) is 8.51. The van der Waals surface area contributed by atoms with Gasteiger partial charge in [0.2, 0.25) is 11.8 Å². The second-order valence-corrected chi connectivity index (χ2v) is 7.37. The van der Waals surface area contributed by atoms with Crippen LogP contribution in [0.25, 0.3) is 0 Å². The highest BCUT2D eigenvalue weighted by Crippen LogP contribution is 2.31. The van der Waals surface area contributed by atoms with Crippen molar-refractivity contribution >= 4 is 23.2 Å². The highest BCUT2D eigenvalue weighted by Gasteiger charge is 2.46. The Morgan fingerprint density at radius 3 is 2.67 bits per heavy atom. The van der Waals surface area contributed by atoms with Crippen LogP contribution >= 0.6 is 11.3 Å². The van der Waals surface area contributed by atoms with Crippen LogP contribution in [0.1, 0.15) is 41.5 Å². The molecule has 0 radical (unpaired) electrons. The van der Waals surface area contributed by atoms with Crippen LogP contribution in [0, 0.1) is 13.8 Å². The summed E-state index contributed by atoms with van der Waals surface area (Å²) in [6.45, 7) is 7.50. The van der Waals surface area contributed by atoms with Gasteiger partial charge in [-0.1, -0.05) is 6.92 Å². The molecule has 4 nitrogen and oxygen atoms in total. The lowest BCUT2D eigenvalue weighted by molar-refractivity contribution is -0.160. The van der Waals surface area contributed by atoms with Gasteiger partial charge < -0.3 is 9.80 Å². The van der Waals surface area contributed by atoms with Crippen LogP contribution in [0.4, 0.5) is 0 Å². The smallest absolute Gasteiger partial charge is 0.246 e. The summed E-state index contributed by atoms with van der Waals surface area (Å²) in [6, 6.07) is 1.66. The first-order valence-electron chi connectivity index (χ1n) is 7.69. The van der Waals surface area contributed by atoms with Gasteiger partial charge in [0, 0.05) is 16.3 Å². The van der Waals surface area contributed by atoms with Gasteiger partial charge in [-0.15, -0.1) is 11.3 Å². The Labute approximate surface area is 129 Å². The first kappa shape index (κ1) is 14.6. The molecule has 0 saturated carbocycles. The third-order valence-electron chi connectivity index (χ3n) is 4.70. The van der Waals surface area contributed by atoms with Gasteiger partial charge in [0.25, 0.3) is 0 Å². The van der Waals surface area contributed by atoms with E-state index in [9.17, 15) is 9.59 Å². The number of nitrogens with zero attached hydrogens (tertiary/aromatic N) is 2. The molecule has 2 saturated heterocycles. The molecule has 21 heavy (non-hydrogen) atoms. The SMILES string of the molecule is CCC1C(=O)N2CCCC2C(=O)N1Cc1cc(C)c(C)s1. The van der Waals surface area contributed by atoms with E-state index < -0.39 is 0 Å². The molecule has 114 valence electrons. The van der Waals surface area contributed by atoms with E-state index in [2.05, 4.69) is 19.9 Å². The Morgan fingerprint density at radius 2 is 2.05 bits per heavy atom. The molecule has 2 unspecified atom stereocenters. The van der Waals surface area contributed by atoms with Gasteiger partial charge in [0.05, 0.1) is 6.54 Å². The van der Waals surface area contributed by atoms with E-state index in [1.54, 1.807) is 16.2 Å². The highest BCUT2D eigenvalue weighted by molar-refractivity contribution is 7.12. The minimum absolute atomic E-state index is 0.141. The van der Waals surface area contributed by atoms with Crippen molar-refractivity contribution in [1.82, 2.24) is 9.80 Å². The Hall–Kier alpha value is -1.36. The Balaban J connectivity index is 1.87.